The summed E-state index contributed by atoms with van der Waals surface area (Å²) in [6, 6.07) is 0.988. The molecule has 0 aromatic carbocycles. The highest BCUT2D eigenvalue weighted by atomic mass is 19.4. The number of likely N-dealkylation sites (tertiary alicyclic amines) is 1. The van der Waals surface area contributed by atoms with Crippen molar-refractivity contribution < 1.29 is 13.2 Å². The van der Waals surface area contributed by atoms with Crippen LogP contribution in [0.5, 0.6) is 0 Å². The van der Waals surface area contributed by atoms with Gasteiger partial charge in [-0.15, -0.1) is 0 Å². The third-order valence-electron chi connectivity index (χ3n) is 3.63. The fraction of sp³-hybridized carbons (Fsp3) is 0.667. The SMILES string of the molecule is Cc1cc(C(F)(F)F)nc(C2(C)CCCN2C)n1. The predicted octanol–water partition coefficient (Wildman–Crippen LogP) is 2.74. The molecule has 0 radical (unpaired) electrons. The molecule has 1 aliphatic rings. The number of hydrogen-bond acceptors (Lipinski definition) is 3. The molecule has 6 heteroatoms. The van der Waals surface area contributed by atoms with E-state index in [1.165, 1.54) is 0 Å². The van der Waals surface area contributed by atoms with E-state index in [2.05, 4.69) is 9.97 Å². The molecule has 1 saturated heterocycles. The molecule has 0 spiro atoms. The van der Waals surface area contributed by atoms with E-state index in [1.54, 1.807) is 6.92 Å². The highest BCUT2D eigenvalue weighted by Gasteiger charge is 2.41. The minimum atomic E-state index is -4.42. The molecule has 0 bridgehead atoms. The van der Waals surface area contributed by atoms with Gasteiger partial charge in [0.1, 0.15) is 11.5 Å². The van der Waals surface area contributed by atoms with Crippen LogP contribution in [0.3, 0.4) is 0 Å². The van der Waals surface area contributed by atoms with Crippen molar-refractivity contribution in [3.05, 3.63) is 23.3 Å². The van der Waals surface area contributed by atoms with E-state index < -0.39 is 17.4 Å². The molecule has 0 saturated carbocycles. The molecule has 1 aromatic rings. The lowest BCUT2D eigenvalue weighted by Crippen LogP contribution is -2.37. The zero-order chi connectivity index (χ0) is 13.6. The Morgan fingerprint density at radius 3 is 2.50 bits per heavy atom. The number of halogens is 3. The zero-order valence-corrected chi connectivity index (χ0v) is 10.7. The maximum absolute atomic E-state index is 12.8. The smallest absolute Gasteiger partial charge is 0.294 e. The van der Waals surface area contributed by atoms with Crippen molar-refractivity contribution in [1.82, 2.24) is 14.9 Å². The second-order valence-electron chi connectivity index (χ2n) is 5.01. The van der Waals surface area contributed by atoms with Gasteiger partial charge in [0, 0.05) is 5.69 Å². The van der Waals surface area contributed by atoms with Gasteiger partial charge in [0.25, 0.3) is 0 Å². The van der Waals surface area contributed by atoms with Crippen molar-refractivity contribution in [2.24, 2.45) is 0 Å². The molecule has 1 atom stereocenters. The van der Waals surface area contributed by atoms with Crippen molar-refractivity contribution in [2.45, 2.75) is 38.4 Å². The molecule has 100 valence electrons. The molecule has 1 unspecified atom stereocenters. The van der Waals surface area contributed by atoms with Gasteiger partial charge in [-0.2, -0.15) is 13.2 Å². The summed E-state index contributed by atoms with van der Waals surface area (Å²) < 4.78 is 38.3. The van der Waals surface area contributed by atoms with Crippen molar-refractivity contribution in [2.75, 3.05) is 13.6 Å². The average Bonchev–Trinajstić information content (AvgIpc) is 2.58. The lowest BCUT2D eigenvalue weighted by Gasteiger charge is -2.31. The van der Waals surface area contributed by atoms with Gasteiger partial charge in [0.05, 0.1) is 5.54 Å². The van der Waals surface area contributed by atoms with Crippen LogP contribution in [0, 0.1) is 6.92 Å². The van der Waals surface area contributed by atoms with Gasteiger partial charge in [-0.1, -0.05) is 0 Å². The lowest BCUT2D eigenvalue weighted by molar-refractivity contribution is -0.141. The van der Waals surface area contributed by atoms with Crippen LogP contribution in [0.1, 0.15) is 37.0 Å². The van der Waals surface area contributed by atoms with Crippen molar-refractivity contribution >= 4 is 0 Å². The maximum Gasteiger partial charge on any atom is 0.433 e. The van der Waals surface area contributed by atoms with Crippen LogP contribution in [-0.4, -0.2) is 28.5 Å². The molecule has 1 fully saturated rings. The first-order valence-corrected chi connectivity index (χ1v) is 5.88. The predicted molar refractivity (Wildman–Crippen MR) is 61.0 cm³/mol. The Balaban J connectivity index is 2.49. The third kappa shape index (κ3) is 2.21. The fourth-order valence-electron chi connectivity index (χ4n) is 2.34. The Morgan fingerprint density at radius 1 is 1.33 bits per heavy atom. The van der Waals surface area contributed by atoms with Crippen LogP contribution < -0.4 is 0 Å². The molecule has 18 heavy (non-hydrogen) atoms. The number of aromatic nitrogens is 2. The minimum Gasteiger partial charge on any atom is -0.294 e. The molecule has 1 aliphatic heterocycles. The maximum atomic E-state index is 12.8. The Bertz CT molecular complexity index is 458. The van der Waals surface area contributed by atoms with E-state index in [4.69, 9.17) is 0 Å². The van der Waals surface area contributed by atoms with Gasteiger partial charge >= 0.3 is 6.18 Å². The van der Waals surface area contributed by atoms with Crippen LogP contribution in [0.2, 0.25) is 0 Å². The summed E-state index contributed by atoms with van der Waals surface area (Å²) in [4.78, 5) is 9.95. The summed E-state index contributed by atoms with van der Waals surface area (Å²) in [7, 11) is 1.89. The summed E-state index contributed by atoms with van der Waals surface area (Å²) in [6.45, 7) is 4.32. The Hall–Kier alpha value is -1.17. The average molecular weight is 259 g/mol. The zero-order valence-electron chi connectivity index (χ0n) is 10.7. The van der Waals surface area contributed by atoms with Crippen LogP contribution in [0.15, 0.2) is 6.07 Å². The fourth-order valence-corrected chi connectivity index (χ4v) is 2.34. The van der Waals surface area contributed by atoms with Crippen molar-refractivity contribution in [3.63, 3.8) is 0 Å². The standard InChI is InChI=1S/C12H16F3N3/c1-8-7-9(12(13,14)15)17-10(16-8)11(2)5-4-6-18(11)3/h7H,4-6H2,1-3H3. The van der Waals surface area contributed by atoms with E-state index in [9.17, 15) is 13.2 Å². The van der Waals surface area contributed by atoms with Crippen molar-refractivity contribution in [3.8, 4) is 0 Å². The molecular formula is C12H16F3N3. The topological polar surface area (TPSA) is 29.0 Å². The summed E-state index contributed by atoms with van der Waals surface area (Å²) in [5, 5.41) is 0. The summed E-state index contributed by atoms with van der Waals surface area (Å²) in [5.41, 5.74) is -0.994. The Morgan fingerprint density at radius 2 is 2.00 bits per heavy atom. The Kier molecular flexibility index (Phi) is 3.09. The summed E-state index contributed by atoms with van der Waals surface area (Å²) >= 11 is 0. The minimum absolute atomic E-state index is 0.273. The van der Waals surface area contributed by atoms with Gasteiger partial charge in [0.2, 0.25) is 0 Å². The van der Waals surface area contributed by atoms with Gasteiger partial charge in [-0.3, -0.25) is 4.90 Å². The molecule has 0 amide bonds. The van der Waals surface area contributed by atoms with Crippen molar-refractivity contribution in [1.29, 1.82) is 0 Å². The molecule has 2 heterocycles. The summed E-state index contributed by atoms with van der Waals surface area (Å²) in [5.74, 6) is 0.273. The monoisotopic (exact) mass is 259 g/mol. The highest BCUT2D eigenvalue weighted by Crippen LogP contribution is 2.37. The van der Waals surface area contributed by atoms with Crippen LogP contribution >= 0.6 is 0 Å². The molecule has 0 aliphatic carbocycles. The second kappa shape index (κ2) is 4.19. The van der Waals surface area contributed by atoms with E-state index in [1.807, 2.05) is 18.9 Å². The first-order chi connectivity index (χ1) is 8.23. The van der Waals surface area contributed by atoms with E-state index in [0.29, 0.717) is 5.69 Å². The lowest BCUT2D eigenvalue weighted by atomic mass is 9.98. The third-order valence-corrected chi connectivity index (χ3v) is 3.63. The number of hydrogen-bond donors (Lipinski definition) is 0. The van der Waals surface area contributed by atoms with E-state index in [-0.39, 0.29) is 5.82 Å². The molecule has 3 nitrogen and oxygen atoms in total. The van der Waals surface area contributed by atoms with Crippen LogP contribution in [0.4, 0.5) is 13.2 Å². The highest BCUT2D eigenvalue weighted by molar-refractivity contribution is 5.18. The number of alkyl halides is 3. The van der Waals surface area contributed by atoms with Gasteiger partial charge in [0.15, 0.2) is 0 Å². The van der Waals surface area contributed by atoms with Gasteiger partial charge in [-0.05, 0) is 46.3 Å². The summed E-state index contributed by atoms with van der Waals surface area (Å²) in [6.07, 6.45) is -2.69. The number of aryl methyl sites for hydroxylation is 1. The molecular weight excluding hydrogens is 243 g/mol. The molecule has 2 rings (SSSR count). The number of nitrogens with zero attached hydrogens (tertiary/aromatic N) is 3. The normalized spacial score (nSPS) is 25.7. The quantitative estimate of drug-likeness (QED) is 0.776. The second-order valence-corrected chi connectivity index (χ2v) is 5.01. The largest absolute Gasteiger partial charge is 0.433 e. The first kappa shape index (κ1) is 13.3. The Labute approximate surface area is 104 Å². The van der Waals surface area contributed by atoms with Gasteiger partial charge in [-0.25, -0.2) is 9.97 Å². The number of rotatable bonds is 1. The molecule has 1 aromatic heterocycles. The van der Waals surface area contributed by atoms with Gasteiger partial charge < -0.3 is 0 Å². The van der Waals surface area contributed by atoms with Crippen LogP contribution in [-0.2, 0) is 11.7 Å². The molecule has 0 N–H and O–H groups in total. The first-order valence-electron chi connectivity index (χ1n) is 5.88. The van der Waals surface area contributed by atoms with E-state index in [0.717, 1.165) is 25.5 Å². The van der Waals surface area contributed by atoms with E-state index >= 15 is 0 Å². The van der Waals surface area contributed by atoms with Crippen LogP contribution in [0.25, 0.3) is 0 Å².